The molecule has 2 aromatic rings. The molecule has 0 saturated heterocycles. The van der Waals surface area contributed by atoms with E-state index < -0.39 is 0 Å². The molecular formula is C21H30ClN5O3S. The molecule has 0 aromatic carbocycles. The molecular weight excluding hydrogens is 438 g/mol. The largest absolute Gasteiger partial charge is 0.474 e. The molecule has 0 aliphatic heterocycles. The third-order valence-electron chi connectivity index (χ3n) is 6.21. The summed E-state index contributed by atoms with van der Waals surface area (Å²) in [5, 5.41) is 9.55. The van der Waals surface area contributed by atoms with E-state index in [9.17, 15) is 9.59 Å². The summed E-state index contributed by atoms with van der Waals surface area (Å²) in [7, 11) is 3.57. The average Bonchev–Trinajstić information content (AvgIpc) is 3.32. The highest BCUT2D eigenvalue weighted by molar-refractivity contribution is 7.19. The Morgan fingerprint density at radius 3 is 2.61 bits per heavy atom. The fraction of sp³-hybridized carbons (Fsp3) is 0.619. The lowest BCUT2D eigenvalue weighted by Crippen LogP contribution is -2.35. The first kappa shape index (κ1) is 23.7. The number of likely N-dealkylation sites (N-methyl/N-ethyl adjacent to an activating group) is 1. The minimum atomic E-state index is -0.200. The lowest BCUT2D eigenvalue weighted by molar-refractivity contribution is -0.126. The highest BCUT2D eigenvalue weighted by Gasteiger charge is 2.32. The standard InChI is InChI=1S/C21H29N5O3S.ClH/c1-22-13-4-6-14(7-5-13)29-20-19-18-12(9-16(27)24-10-17(28)23-2)3-8-15(18)30-21(19)26-11-25-20;/h11-14,22H,3-10H2,1-2H3,(H,23,28)(H,24,27);1H/t12-,13?,14?;/m1./s1. The molecule has 0 unspecified atom stereocenters. The maximum absolute atomic E-state index is 12.4. The summed E-state index contributed by atoms with van der Waals surface area (Å²) in [6.45, 7) is 0.00601. The van der Waals surface area contributed by atoms with Crippen molar-refractivity contribution in [3.8, 4) is 5.88 Å². The molecule has 2 aliphatic rings. The van der Waals surface area contributed by atoms with Crippen LogP contribution in [0.5, 0.6) is 5.88 Å². The summed E-state index contributed by atoms with van der Waals surface area (Å²) >= 11 is 1.68. The van der Waals surface area contributed by atoms with Crippen molar-refractivity contribution < 1.29 is 14.3 Å². The summed E-state index contributed by atoms with van der Waals surface area (Å²) in [4.78, 5) is 35.0. The molecule has 2 heterocycles. The molecule has 2 aromatic heterocycles. The van der Waals surface area contributed by atoms with Crippen LogP contribution in [0.15, 0.2) is 6.33 Å². The van der Waals surface area contributed by atoms with Crippen molar-refractivity contribution in [1.82, 2.24) is 25.9 Å². The fourth-order valence-corrected chi connectivity index (χ4v) is 5.76. The summed E-state index contributed by atoms with van der Waals surface area (Å²) < 4.78 is 6.37. The number of aryl methyl sites for hydroxylation is 1. The number of nitrogens with one attached hydrogen (secondary N) is 3. The number of carbonyl (C=O) groups is 2. The van der Waals surface area contributed by atoms with Gasteiger partial charge in [0.1, 0.15) is 17.3 Å². The van der Waals surface area contributed by atoms with Crippen LogP contribution in [-0.2, 0) is 16.0 Å². The van der Waals surface area contributed by atoms with Gasteiger partial charge in [-0.3, -0.25) is 9.59 Å². The Balaban J connectivity index is 0.00000272. The van der Waals surface area contributed by atoms with Gasteiger partial charge in [-0.15, -0.1) is 23.7 Å². The summed E-state index contributed by atoms with van der Waals surface area (Å²) in [6.07, 6.45) is 8.19. The van der Waals surface area contributed by atoms with Crippen molar-refractivity contribution in [2.24, 2.45) is 0 Å². The predicted molar refractivity (Wildman–Crippen MR) is 123 cm³/mol. The van der Waals surface area contributed by atoms with Crippen molar-refractivity contribution in [3.63, 3.8) is 0 Å². The van der Waals surface area contributed by atoms with Crippen LogP contribution in [0.25, 0.3) is 10.2 Å². The zero-order valence-corrected chi connectivity index (χ0v) is 19.5. The quantitative estimate of drug-likeness (QED) is 0.577. The van der Waals surface area contributed by atoms with Crippen LogP contribution in [0, 0.1) is 0 Å². The number of ether oxygens (including phenoxy) is 1. The zero-order chi connectivity index (χ0) is 21.1. The van der Waals surface area contributed by atoms with Gasteiger partial charge in [-0.05, 0) is 57.1 Å². The van der Waals surface area contributed by atoms with Gasteiger partial charge in [-0.2, -0.15) is 0 Å². The summed E-state index contributed by atoms with van der Waals surface area (Å²) in [5.74, 6) is 0.448. The smallest absolute Gasteiger partial charge is 0.239 e. The lowest BCUT2D eigenvalue weighted by atomic mass is 9.93. The van der Waals surface area contributed by atoms with Gasteiger partial charge in [0, 0.05) is 24.4 Å². The Morgan fingerprint density at radius 2 is 1.90 bits per heavy atom. The molecule has 1 saturated carbocycles. The van der Waals surface area contributed by atoms with E-state index in [4.69, 9.17) is 4.74 Å². The van der Waals surface area contributed by atoms with Gasteiger partial charge in [-0.25, -0.2) is 9.97 Å². The van der Waals surface area contributed by atoms with Crippen LogP contribution in [0.3, 0.4) is 0 Å². The molecule has 0 radical (unpaired) electrons. The first-order valence-electron chi connectivity index (χ1n) is 10.7. The van der Waals surface area contributed by atoms with Crippen molar-refractivity contribution >= 4 is 45.8 Å². The van der Waals surface area contributed by atoms with Crippen molar-refractivity contribution in [2.45, 2.75) is 63.0 Å². The highest BCUT2D eigenvalue weighted by atomic mass is 35.5. The van der Waals surface area contributed by atoms with Crippen molar-refractivity contribution in [3.05, 3.63) is 16.8 Å². The summed E-state index contributed by atoms with van der Waals surface area (Å²) in [6, 6.07) is 0.568. The molecule has 2 amide bonds. The number of amides is 2. The third kappa shape index (κ3) is 5.27. The van der Waals surface area contributed by atoms with Gasteiger partial charge >= 0.3 is 0 Å². The van der Waals surface area contributed by atoms with E-state index in [1.54, 1.807) is 24.7 Å². The van der Waals surface area contributed by atoms with Crippen molar-refractivity contribution in [2.75, 3.05) is 20.6 Å². The van der Waals surface area contributed by atoms with E-state index in [0.717, 1.165) is 48.7 Å². The van der Waals surface area contributed by atoms with Crippen LogP contribution in [0.4, 0.5) is 0 Å². The normalized spacial score (nSPS) is 22.5. The Labute approximate surface area is 192 Å². The second kappa shape index (κ2) is 10.6. The van der Waals surface area contributed by atoms with Gasteiger partial charge in [-0.1, -0.05) is 0 Å². The number of carbonyl (C=O) groups excluding carboxylic acids is 2. The second-order valence-electron chi connectivity index (χ2n) is 8.07. The minimum Gasteiger partial charge on any atom is -0.474 e. The minimum absolute atomic E-state index is 0. The molecule has 2 aliphatic carbocycles. The maximum Gasteiger partial charge on any atom is 0.239 e. The lowest BCUT2D eigenvalue weighted by Gasteiger charge is -2.28. The van der Waals surface area contributed by atoms with E-state index >= 15 is 0 Å². The number of halogens is 1. The van der Waals surface area contributed by atoms with Crippen LogP contribution in [-0.4, -0.2) is 54.6 Å². The number of rotatable bonds is 7. The topological polar surface area (TPSA) is 105 Å². The number of aromatic nitrogens is 2. The van der Waals surface area contributed by atoms with E-state index in [0.29, 0.717) is 18.3 Å². The number of hydrogen-bond donors (Lipinski definition) is 3. The van der Waals surface area contributed by atoms with E-state index in [-0.39, 0.29) is 42.8 Å². The Bertz CT molecular complexity index is 929. The fourth-order valence-electron chi connectivity index (χ4n) is 4.52. The molecule has 1 atom stereocenters. The molecule has 0 spiro atoms. The highest BCUT2D eigenvalue weighted by Crippen LogP contribution is 2.47. The zero-order valence-electron chi connectivity index (χ0n) is 17.9. The second-order valence-corrected chi connectivity index (χ2v) is 9.15. The number of thiophene rings is 1. The SMILES string of the molecule is CNC(=O)CNC(=O)C[C@H]1CCc2sc3ncnc(OC4CCC(NC)CC4)c3c21.Cl. The van der Waals surface area contributed by atoms with E-state index in [1.807, 2.05) is 7.05 Å². The van der Waals surface area contributed by atoms with Gasteiger partial charge in [0.05, 0.1) is 11.9 Å². The Morgan fingerprint density at radius 1 is 1.13 bits per heavy atom. The van der Waals surface area contributed by atoms with Crippen LogP contribution in [0.2, 0.25) is 0 Å². The van der Waals surface area contributed by atoms with Crippen molar-refractivity contribution in [1.29, 1.82) is 0 Å². The van der Waals surface area contributed by atoms with Gasteiger partial charge in [0.15, 0.2) is 0 Å². The molecule has 4 rings (SSSR count). The molecule has 3 N–H and O–H groups in total. The predicted octanol–water partition coefficient (Wildman–Crippen LogP) is 2.30. The molecule has 0 bridgehead atoms. The maximum atomic E-state index is 12.4. The van der Waals surface area contributed by atoms with Gasteiger partial charge < -0.3 is 20.7 Å². The average molecular weight is 468 g/mol. The monoisotopic (exact) mass is 467 g/mol. The van der Waals surface area contributed by atoms with Gasteiger partial charge in [0.2, 0.25) is 17.7 Å². The first-order chi connectivity index (χ1) is 14.6. The number of fused-ring (bicyclic) bond motifs is 3. The third-order valence-corrected chi connectivity index (χ3v) is 7.39. The van der Waals surface area contributed by atoms with E-state index in [2.05, 4.69) is 25.9 Å². The number of hydrogen-bond acceptors (Lipinski definition) is 7. The summed E-state index contributed by atoms with van der Waals surface area (Å²) in [5.41, 5.74) is 1.17. The molecule has 31 heavy (non-hydrogen) atoms. The van der Waals surface area contributed by atoms with Crippen LogP contribution < -0.4 is 20.7 Å². The van der Waals surface area contributed by atoms with Crippen LogP contribution >= 0.6 is 23.7 Å². The molecule has 10 heteroatoms. The molecule has 170 valence electrons. The Hall–Kier alpha value is -1.97. The van der Waals surface area contributed by atoms with E-state index in [1.165, 1.54) is 10.4 Å². The number of nitrogens with zero attached hydrogens (tertiary/aromatic N) is 2. The Kier molecular flexibility index (Phi) is 8.07. The first-order valence-corrected chi connectivity index (χ1v) is 11.5. The molecule has 1 fully saturated rings. The molecule has 8 nitrogen and oxygen atoms in total. The van der Waals surface area contributed by atoms with Crippen LogP contribution in [0.1, 0.15) is 54.9 Å². The van der Waals surface area contributed by atoms with Gasteiger partial charge in [0.25, 0.3) is 0 Å².